The molecule has 1 atom stereocenters. The monoisotopic (exact) mass is 333 g/mol. The van der Waals surface area contributed by atoms with Crippen molar-refractivity contribution in [3.8, 4) is 0 Å². The number of halogens is 1. The van der Waals surface area contributed by atoms with Crippen LogP contribution in [0.4, 0.5) is 9.18 Å². The number of urea groups is 1. The van der Waals surface area contributed by atoms with E-state index >= 15 is 0 Å². The van der Waals surface area contributed by atoms with Crippen LogP contribution in [0.2, 0.25) is 0 Å². The maximum absolute atomic E-state index is 13.2. The summed E-state index contributed by atoms with van der Waals surface area (Å²) in [6, 6.07) is 5.83. The van der Waals surface area contributed by atoms with E-state index in [9.17, 15) is 9.18 Å². The molecule has 0 aliphatic rings. The van der Waals surface area contributed by atoms with E-state index in [0.717, 1.165) is 12.0 Å². The smallest absolute Gasteiger partial charge is 0.318 e. The largest absolute Gasteiger partial charge is 0.331 e. The highest BCUT2D eigenvalue weighted by Gasteiger charge is 2.23. The standard InChI is InChI=1S/C17H24FN5O/c1-17(2,3)9-14(12-5-7-13(18)8-6-12)21-16(24)23(4)10-15-19-11-20-22-15/h5-8,11,14H,9-10H2,1-4H3,(H,21,24)(H,19,20,22). The third-order valence-electron chi connectivity index (χ3n) is 3.59. The van der Waals surface area contributed by atoms with Gasteiger partial charge in [0, 0.05) is 7.05 Å². The number of H-pyrrole nitrogens is 1. The number of nitrogens with one attached hydrogen (secondary N) is 2. The van der Waals surface area contributed by atoms with Crippen molar-refractivity contribution < 1.29 is 9.18 Å². The predicted octanol–water partition coefficient (Wildman–Crippen LogP) is 3.26. The van der Waals surface area contributed by atoms with E-state index in [2.05, 4.69) is 41.3 Å². The van der Waals surface area contributed by atoms with Crippen LogP contribution in [0.3, 0.4) is 0 Å². The molecule has 1 aromatic heterocycles. The summed E-state index contributed by atoms with van der Waals surface area (Å²) < 4.78 is 13.2. The van der Waals surface area contributed by atoms with E-state index in [-0.39, 0.29) is 23.3 Å². The first-order chi connectivity index (χ1) is 11.2. The average Bonchev–Trinajstić information content (AvgIpc) is 2.98. The van der Waals surface area contributed by atoms with Crippen molar-refractivity contribution in [2.75, 3.05) is 7.05 Å². The van der Waals surface area contributed by atoms with Crippen molar-refractivity contribution in [1.82, 2.24) is 25.4 Å². The van der Waals surface area contributed by atoms with Crippen molar-refractivity contribution in [1.29, 1.82) is 0 Å². The molecule has 1 heterocycles. The van der Waals surface area contributed by atoms with Gasteiger partial charge in [-0.3, -0.25) is 5.10 Å². The van der Waals surface area contributed by atoms with Crippen LogP contribution in [0.25, 0.3) is 0 Å². The van der Waals surface area contributed by atoms with Gasteiger partial charge in [-0.1, -0.05) is 32.9 Å². The van der Waals surface area contributed by atoms with Crippen molar-refractivity contribution in [2.24, 2.45) is 5.41 Å². The van der Waals surface area contributed by atoms with Crippen molar-refractivity contribution in [3.63, 3.8) is 0 Å². The van der Waals surface area contributed by atoms with Crippen LogP contribution < -0.4 is 5.32 Å². The number of nitrogens with zero attached hydrogens (tertiary/aromatic N) is 3. The summed E-state index contributed by atoms with van der Waals surface area (Å²) in [6.07, 6.45) is 2.14. The predicted molar refractivity (Wildman–Crippen MR) is 89.6 cm³/mol. The van der Waals surface area contributed by atoms with E-state index in [0.29, 0.717) is 12.4 Å². The molecule has 130 valence electrons. The molecule has 0 saturated heterocycles. The first kappa shape index (κ1) is 17.9. The molecule has 2 rings (SSSR count). The van der Waals surface area contributed by atoms with Crippen molar-refractivity contribution >= 4 is 6.03 Å². The number of amides is 2. The molecule has 6 nitrogen and oxygen atoms in total. The lowest BCUT2D eigenvalue weighted by molar-refractivity contribution is 0.196. The zero-order valence-electron chi connectivity index (χ0n) is 14.5. The zero-order chi connectivity index (χ0) is 17.7. The number of hydrogen-bond acceptors (Lipinski definition) is 3. The van der Waals surface area contributed by atoms with Gasteiger partial charge < -0.3 is 10.2 Å². The highest BCUT2D eigenvalue weighted by atomic mass is 19.1. The molecule has 1 aromatic carbocycles. The minimum Gasteiger partial charge on any atom is -0.331 e. The van der Waals surface area contributed by atoms with Crippen LogP contribution in [-0.2, 0) is 6.54 Å². The van der Waals surface area contributed by atoms with E-state index in [1.165, 1.54) is 23.4 Å². The van der Waals surface area contributed by atoms with Crippen molar-refractivity contribution in [2.45, 2.75) is 39.8 Å². The molecule has 0 aliphatic carbocycles. The molecule has 2 N–H and O–H groups in total. The van der Waals surface area contributed by atoms with Gasteiger partial charge in [0.1, 0.15) is 18.0 Å². The second-order valence-corrected chi connectivity index (χ2v) is 7.11. The number of hydrogen-bond donors (Lipinski definition) is 2. The van der Waals surface area contributed by atoms with E-state index in [1.807, 2.05) is 0 Å². The zero-order valence-corrected chi connectivity index (χ0v) is 14.5. The normalized spacial score (nSPS) is 12.7. The van der Waals surface area contributed by atoms with Gasteiger partial charge in [-0.15, -0.1) is 0 Å². The second kappa shape index (κ2) is 7.42. The maximum atomic E-state index is 13.2. The summed E-state index contributed by atoms with van der Waals surface area (Å²) in [7, 11) is 1.69. The Morgan fingerprint density at radius 2 is 2.00 bits per heavy atom. The summed E-state index contributed by atoms with van der Waals surface area (Å²) in [6.45, 7) is 6.65. The Bertz CT molecular complexity index is 649. The van der Waals surface area contributed by atoms with E-state index < -0.39 is 0 Å². The molecule has 0 fully saturated rings. The van der Waals surface area contributed by atoms with E-state index in [1.54, 1.807) is 19.2 Å². The molecule has 0 radical (unpaired) electrons. The SMILES string of the molecule is CN(Cc1ncn[nH]1)C(=O)NC(CC(C)(C)C)c1ccc(F)cc1. The van der Waals surface area contributed by atoms with Crippen LogP contribution in [0.5, 0.6) is 0 Å². The Labute approximate surface area is 141 Å². The molecular weight excluding hydrogens is 309 g/mol. The van der Waals surface area contributed by atoms with Crippen LogP contribution in [0.15, 0.2) is 30.6 Å². The van der Waals surface area contributed by atoms with Crippen molar-refractivity contribution in [3.05, 3.63) is 47.8 Å². The molecule has 7 heteroatoms. The molecule has 2 amide bonds. The Morgan fingerprint density at radius 3 is 2.54 bits per heavy atom. The number of benzene rings is 1. The third-order valence-corrected chi connectivity index (χ3v) is 3.59. The summed E-state index contributed by atoms with van der Waals surface area (Å²) in [5, 5.41) is 9.52. The molecule has 0 bridgehead atoms. The van der Waals surface area contributed by atoms with Gasteiger partial charge in [0.25, 0.3) is 0 Å². The Balaban J connectivity index is 2.09. The van der Waals surface area contributed by atoms with Gasteiger partial charge in [-0.25, -0.2) is 14.2 Å². The molecular formula is C17H24FN5O. The summed E-state index contributed by atoms with van der Waals surface area (Å²) >= 11 is 0. The average molecular weight is 333 g/mol. The fourth-order valence-electron chi connectivity index (χ4n) is 2.42. The van der Waals surface area contributed by atoms with Crippen LogP contribution >= 0.6 is 0 Å². The van der Waals surface area contributed by atoms with Gasteiger partial charge in [0.2, 0.25) is 0 Å². The number of rotatable bonds is 5. The molecule has 2 aromatic rings. The molecule has 24 heavy (non-hydrogen) atoms. The first-order valence-electron chi connectivity index (χ1n) is 7.86. The molecule has 1 unspecified atom stereocenters. The lowest BCUT2D eigenvalue weighted by atomic mass is 9.85. The minimum absolute atomic E-state index is 0.00976. The Hall–Kier alpha value is -2.44. The Morgan fingerprint density at radius 1 is 1.33 bits per heavy atom. The summed E-state index contributed by atoms with van der Waals surface area (Å²) in [5.74, 6) is 0.323. The topological polar surface area (TPSA) is 73.9 Å². The van der Waals surface area contributed by atoms with Gasteiger partial charge >= 0.3 is 6.03 Å². The van der Waals surface area contributed by atoms with Crippen LogP contribution in [-0.4, -0.2) is 33.2 Å². The van der Waals surface area contributed by atoms with Gasteiger partial charge in [0.05, 0.1) is 12.6 Å². The van der Waals surface area contributed by atoms with Gasteiger partial charge in [-0.2, -0.15) is 5.10 Å². The van der Waals surface area contributed by atoms with Crippen LogP contribution in [0.1, 0.15) is 44.6 Å². The van der Waals surface area contributed by atoms with E-state index in [4.69, 9.17) is 0 Å². The fourth-order valence-corrected chi connectivity index (χ4v) is 2.42. The highest BCUT2D eigenvalue weighted by molar-refractivity contribution is 5.74. The minimum atomic E-state index is -0.290. The fraction of sp³-hybridized carbons (Fsp3) is 0.471. The number of carbonyl (C=O) groups excluding carboxylic acids is 1. The number of aromatic nitrogens is 3. The lowest BCUT2D eigenvalue weighted by Gasteiger charge is -2.29. The number of carbonyl (C=O) groups is 1. The molecule has 0 aliphatic heterocycles. The van der Waals surface area contributed by atoms with Gasteiger partial charge in [0.15, 0.2) is 0 Å². The summed E-state index contributed by atoms with van der Waals surface area (Å²) in [5.41, 5.74) is 0.892. The third kappa shape index (κ3) is 5.33. The second-order valence-electron chi connectivity index (χ2n) is 7.11. The summed E-state index contributed by atoms with van der Waals surface area (Å²) in [4.78, 5) is 18.0. The first-order valence-corrected chi connectivity index (χ1v) is 7.86. The van der Waals surface area contributed by atoms with Crippen LogP contribution in [0, 0.1) is 11.2 Å². The molecule has 0 spiro atoms. The lowest BCUT2D eigenvalue weighted by Crippen LogP contribution is -2.40. The molecule has 0 saturated carbocycles. The maximum Gasteiger partial charge on any atom is 0.318 e. The highest BCUT2D eigenvalue weighted by Crippen LogP contribution is 2.29. The number of aromatic amines is 1. The quantitative estimate of drug-likeness (QED) is 0.882. The van der Waals surface area contributed by atoms with Gasteiger partial charge in [-0.05, 0) is 29.5 Å². The Kier molecular flexibility index (Phi) is 5.54.